The number of rotatable bonds is 10. The van der Waals surface area contributed by atoms with Crippen molar-refractivity contribution in [2.24, 2.45) is 0 Å². The number of ether oxygens (including phenoxy) is 4. The lowest BCUT2D eigenvalue weighted by molar-refractivity contribution is -0.152. The van der Waals surface area contributed by atoms with Gasteiger partial charge in [0.1, 0.15) is 5.60 Å². The van der Waals surface area contributed by atoms with E-state index in [1.54, 1.807) is 4.90 Å². The minimum Gasteiger partial charge on any atom is -0.462 e. The van der Waals surface area contributed by atoms with Gasteiger partial charge < -0.3 is 38.6 Å². The zero-order chi connectivity index (χ0) is 28.0. The van der Waals surface area contributed by atoms with Crippen molar-refractivity contribution in [1.29, 1.82) is 0 Å². The first kappa shape index (κ1) is 29.5. The highest BCUT2D eigenvalue weighted by Gasteiger charge is 2.42. The number of methoxy groups -OCH3 is 1. The van der Waals surface area contributed by atoms with Gasteiger partial charge in [-0.15, -0.1) is 0 Å². The average molecular weight is 538 g/mol. The first-order valence-electron chi connectivity index (χ1n) is 13.4. The molecular formula is C26H43N5O7. The van der Waals surface area contributed by atoms with Gasteiger partial charge in [-0.25, -0.2) is 9.59 Å². The summed E-state index contributed by atoms with van der Waals surface area (Å²) < 4.78 is 23.8. The highest BCUT2D eigenvalue weighted by Crippen LogP contribution is 2.36. The number of imidazole rings is 1. The highest BCUT2D eigenvalue weighted by molar-refractivity contribution is 5.83. The van der Waals surface area contributed by atoms with Gasteiger partial charge in [0.2, 0.25) is 0 Å². The number of nitrogens with zero attached hydrogens (tertiary/aromatic N) is 4. The average Bonchev–Trinajstić information content (AvgIpc) is 3.60. The zero-order valence-electron chi connectivity index (χ0n) is 23.7. The minimum absolute atomic E-state index is 0.0804. The molecule has 12 nitrogen and oxygen atoms in total. The van der Waals surface area contributed by atoms with Crippen LogP contribution in [0.3, 0.4) is 0 Å². The Morgan fingerprint density at radius 2 is 1.95 bits per heavy atom. The highest BCUT2D eigenvalue weighted by atomic mass is 16.6. The molecule has 1 saturated carbocycles. The SMILES string of the molecule is COC(=O)NCCCn1cc([C@@H](C)N(C(=O)[C@H]2CN(C(=O)OC(C)(C)C)CCO2)C2CC2)nc1OC(C)C. The number of carbonyl (C=O) groups is 3. The Labute approximate surface area is 224 Å². The summed E-state index contributed by atoms with van der Waals surface area (Å²) >= 11 is 0. The molecule has 3 amide bonds. The Balaban J connectivity index is 1.72. The van der Waals surface area contributed by atoms with Gasteiger partial charge in [0, 0.05) is 31.9 Å². The van der Waals surface area contributed by atoms with Crippen LogP contribution >= 0.6 is 0 Å². The quantitative estimate of drug-likeness (QED) is 0.452. The molecule has 0 radical (unpaired) electrons. The normalized spacial score (nSPS) is 18.6. The number of morpholine rings is 1. The topological polar surface area (TPSA) is 124 Å². The fraction of sp³-hybridized carbons (Fsp3) is 0.769. The lowest BCUT2D eigenvalue weighted by Crippen LogP contribution is -2.54. The van der Waals surface area contributed by atoms with Crippen molar-refractivity contribution in [3.8, 4) is 6.01 Å². The van der Waals surface area contributed by atoms with Crippen molar-refractivity contribution in [2.45, 2.75) is 97.2 Å². The predicted octanol–water partition coefficient (Wildman–Crippen LogP) is 3.10. The van der Waals surface area contributed by atoms with Crippen LogP contribution in [0.1, 0.15) is 72.5 Å². The molecular weight excluding hydrogens is 494 g/mol. The molecule has 0 spiro atoms. The maximum Gasteiger partial charge on any atom is 0.410 e. The molecule has 2 heterocycles. The second-order valence-corrected chi connectivity index (χ2v) is 11.0. The number of carbonyl (C=O) groups excluding carboxylic acids is 3. The van der Waals surface area contributed by atoms with Crippen molar-refractivity contribution in [3.05, 3.63) is 11.9 Å². The molecule has 1 saturated heterocycles. The molecule has 2 fully saturated rings. The Bertz CT molecular complexity index is 970. The number of hydrogen-bond donors (Lipinski definition) is 1. The van der Waals surface area contributed by atoms with Crippen molar-refractivity contribution in [2.75, 3.05) is 33.4 Å². The second kappa shape index (κ2) is 12.7. The minimum atomic E-state index is -0.766. The lowest BCUT2D eigenvalue weighted by Gasteiger charge is -2.37. The van der Waals surface area contributed by atoms with E-state index in [0.29, 0.717) is 37.8 Å². The summed E-state index contributed by atoms with van der Waals surface area (Å²) in [5, 5.41) is 2.67. The molecule has 0 aromatic carbocycles. The fourth-order valence-corrected chi connectivity index (χ4v) is 4.24. The van der Waals surface area contributed by atoms with E-state index in [2.05, 4.69) is 10.1 Å². The summed E-state index contributed by atoms with van der Waals surface area (Å²) in [7, 11) is 1.33. The van der Waals surface area contributed by atoms with Gasteiger partial charge in [-0.05, 0) is 60.8 Å². The van der Waals surface area contributed by atoms with Crippen LogP contribution in [0.25, 0.3) is 0 Å². The summed E-state index contributed by atoms with van der Waals surface area (Å²) in [6.07, 6.45) is 2.60. The van der Waals surface area contributed by atoms with Crippen LogP contribution in [0.5, 0.6) is 6.01 Å². The van der Waals surface area contributed by atoms with Gasteiger partial charge in [0.15, 0.2) is 6.10 Å². The van der Waals surface area contributed by atoms with Crippen LogP contribution in [0.4, 0.5) is 9.59 Å². The van der Waals surface area contributed by atoms with Gasteiger partial charge in [-0.2, -0.15) is 4.98 Å². The number of alkyl carbamates (subject to hydrolysis) is 1. The molecule has 1 aliphatic carbocycles. The first-order chi connectivity index (χ1) is 17.9. The molecule has 1 N–H and O–H groups in total. The van der Waals surface area contributed by atoms with Crippen LogP contribution < -0.4 is 10.1 Å². The molecule has 38 heavy (non-hydrogen) atoms. The summed E-state index contributed by atoms with van der Waals surface area (Å²) in [6, 6.07) is 0.245. The van der Waals surface area contributed by atoms with Crippen LogP contribution in [0.15, 0.2) is 6.20 Å². The van der Waals surface area contributed by atoms with E-state index >= 15 is 0 Å². The van der Waals surface area contributed by atoms with Crippen molar-refractivity contribution in [3.63, 3.8) is 0 Å². The number of aryl methyl sites for hydroxylation is 1. The Morgan fingerprint density at radius 3 is 2.55 bits per heavy atom. The molecule has 3 rings (SSSR count). The van der Waals surface area contributed by atoms with Crippen LogP contribution in [-0.2, 0) is 25.5 Å². The van der Waals surface area contributed by atoms with Gasteiger partial charge in [0.25, 0.3) is 11.9 Å². The van der Waals surface area contributed by atoms with Crippen molar-refractivity contribution >= 4 is 18.1 Å². The monoisotopic (exact) mass is 537 g/mol. The number of nitrogens with one attached hydrogen (secondary N) is 1. The summed E-state index contributed by atoms with van der Waals surface area (Å²) in [4.78, 5) is 45.8. The summed E-state index contributed by atoms with van der Waals surface area (Å²) in [5.41, 5.74) is 0.0922. The van der Waals surface area contributed by atoms with E-state index in [1.807, 2.05) is 57.2 Å². The van der Waals surface area contributed by atoms with E-state index < -0.39 is 23.9 Å². The standard InChI is InChI=1S/C26H43N5O7/c1-17(2)37-23-28-20(15-29(23)12-8-11-27-24(33)35-7)18(3)31(19-9-10-19)22(32)21-16-30(13-14-36-21)25(34)38-26(4,5)6/h15,17-19,21H,8-14,16H2,1-7H3,(H,27,33)/t18-,21-/m1/s1. The largest absolute Gasteiger partial charge is 0.462 e. The van der Waals surface area contributed by atoms with Gasteiger partial charge in [-0.3, -0.25) is 4.79 Å². The maximum atomic E-state index is 13.7. The number of hydrogen-bond acceptors (Lipinski definition) is 8. The van der Waals surface area contributed by atoms with E-state index in [0.717, 1.165) is 12.8 Å². The number of amides is 3. The smallest absolute Gasteiger partial charge is 0.410 e. The van der Waals surface area contributed by atoms with E-state index in [1.165, 1.54) is 7.11 Å². The first-order valence-corrected chi connectivity index (χ1v) is 13.4. The third-order valence-corrected chi connectivity index (χ3v) is 6.16. The predicted molar refractivity (Wildman–Crippen MR) is 139 cm³/mol. The maximum absolute atomic E-state index is 13.7. The second-order valence-electron chi connectivity index (χ2n) is 11.0. The van der Waals surface area contributed by atoms with Crippen LogP contribution in [0, 0.1) is 0 Å². The van der Waals surface area contributed by atoms with Crippen molar-refractivity contribution in [1.82, 2.24) is 24.7 Å². The molecule has 1 aromatic rings. The zero-order valence-corrected chi connectivity index (χ0v) is 23.7. The molecule has 2 atom stereocenters. The van der Waals surface area contributed by atoms with Gasteiger partial charge in [-0.1, -0.05) is 0 Å². The van der Waals surface area contributed by atoms with E-state index in [4.69, 9.17) is 19.2 Å². The van der Waals surface area contributed by atoms with Crippen molar-refractivity contribution < 1.29 is 33.3 Å². The lowest BCUT2D eigenvalue weighted by atomic mass is 10.1. The fourth-order valence-electron chi connectivity index (χ4n) is 4.24. The molecule has 1 aromatic heterocycles. The Hall–Kier alpha value is -3.02. The Morgan fingerprint density at radius 1 is 1.24 bits per heavy atom. The number of aromatic nitrogens is 2. The molecule has 214 valence electrons. The van der Waals surface area contributed by atoms with Crippen LogP contribution in [0.2, 0.25) is 0 Å². The summed E-state index contributed by atoms with van der Waals surface area (Å²) in [5.74, 6) is -0.156. The van der Waals surface area contributed by atoms with Gasteiger partial charge in [0.05, 0.1) is 38.1 Å². The molecule has 0 bridgehead atoms. The molecule has 12 heteroatoms. The van der Waals surface area contributed by atoms with E-state index in [9.17, 15) is 14.4 Å². The van der Waals surface area contributed by atoms with E-state index in [-0.39, 0.29) is 37.2 Å². The third-order valence-electron chi connectivity index (χ3n) is 6.16. The Kier molecular flexibility index (Phi) is 9.86. The summed E-state index contributed by atoms with van der Waals surface area (Å²) in [6.45, 7) is 13.1. The molecule has 1 aliphatic heterocycles. The molecule has 0 unspecified atom stereocenters. The van der Waals surface area contributed by atoms with Gasteiger partial charge >= 0.3 is 12.2 Å². The molecule has 2 aliphatic rings. The third kappa shape index (κ3) is 8.24. The van der Waals surface area contributed by atoms with Crippen LogP contribution in [-0.4, -0.2) is 94.6 Å².